The number of nitrogens with one attached hydrogen (secondary N) is 1. The molecular formula is C15H23ClN2O3. The fourth-order valence-corrected chi connectivity index (χ4v) is 2.06. The van der Waals surface area contributed by atoms with Crippen LogP contribution in [0.3, 0.4) is 0 Å². The topological polar surface area (TPSA) is 61.8 Å². The van der Waals surface area contributed by atoms with E-state index < -0.39 is 0 Å². The van der Waals surface area contributed by atoms with Crippen molar-refractivity contribution in [3.8, 4) is 5.75 Å². The summed E-state index contributed by atoms with van der Waals surface area (Å²) in [6.45, 7) is 6.66. The first kappa shape index (κ1) is 17.6. The molecule has 0 spiro atoms. The van der Waals surface area contributed by atoms with Crippen LogP contribution in [0.5, 0.6) is 5.75 Å². The Morgan fingerprint density at radius 1 is 1.43 bits per heavy atom. The van der Waals surface area contributed by atoms with Crippen molar-refractivity contribution < 1.29 is 14.6 Å². The first-order valence-corrected chi connectivity index (χ1v) is 7.48. The van der Waals surface area contributed by atoms with Gasteiger partial charge in [-0.05, 0) is 38.5 Å². The number of aliphatic hydroxyl groups is 1. The van der Waals surface area contributed by atoms with Gasteiger partial charge in [-0.25, -0.2) is 4.79 Å². The van der Waals surface area contributed by atoms with Crippen LogP contribution >= 0.6 is 11.6 Å². The van der Waals surface area contributed by atoms with Crippen molar-refractivity contribution >= 4 is 23.3 Å². The van der Waals surface area contributed by atoms with Gasteiger partial charge in [0.2, 0.25) is 0 Å². The molecule has 118 valence electrons. The van der Waals surface area contributed by atoms with Crippen molar-refractivity contribution in [2.75, 3.05) is 25.0 Å². The molecule has 0 fully saturated rings. The molecule has 0 aliphatic carbocycles. The lowest BCUT2D eigenvalue weighted by Gasteiger charge is -2.21. The highest BCUT2D eigenvalue weighted by Crippen LogP contribution is 2.28. The third-order valence-corrected chi connectivity index (χ3v) is 2.99. The highest BCUT2D eigenvalue weighted by molar-refractivity contribution is 6.32. The van der Waals surface area contributed by atoms with Crippen LogP contribution in [0.15, 0.2) is 18.2 Å². The van der Waals surface area contributed by atoms with Crippen LogP contribution in [0.25, 0.3) is 0 Å². The van der Waals surface area contributed by atoms with E-state index in [4.69, 9.17) is 21.4 Å². The molecule has 0 unspecified atom stereocenters. The largest absolute Gasteiger partial charge is 0.489 e. The molecule has 0 aliphatic rings. The van der Waals surface area contributed by atoms with E-state index in [0.29, 0.717) is 29.5 Å². The predicted octanol–water partition coefficient (Wildman–Crippen LogP) is 3.36. The van der Waals surface area contributed by atoms with Crippen LogP contribution in [0, 0.1) is 0 Å². The molecule has 2 amide bonds. The van der Waals surface area contributed by atoms with Crippen molar-refractivity contribution in [1.29, 1.82) is 0 Å². The molecule has 2 N–H and O–H groups in total. The average molecular weight is 315 g/mol. The zero-order valence-corrected chi connectivity index (χ0v) is 13.5. The highest BCUT2D eigenvalue weighted by Gasteiger charge is 2.13. The minimum absolute atomic E-state index is 0.0348. The zero-order chi connectivity index (χ0) is 15.8. The van der Waals surface area contributed by atoms with Gasteiger partial charge < -0.3 is 20.1 Å². The number of anilines is 1. The normalized spacial score (nSPS) is 10.6. The number of carbonyl (C=O) groups is 1. The first-order valence-electron chi connectivity index (χ1n) is 7.11. The molecule has 0 saturated heterocycles. The van der Waals surface area contributed by atoms with Gasteiger partial charge in [-0.1, -0.05) is 18.5 Å². The molecule has 1 aromatic carbocycles. The van der Waals surface area contributed by atoms with Crippen LogP contribution in [0.4, 0.5) is 10.5 Å². The average Bonchev–Trinajstić information content (AvgIpc) is 2.41. The van der Waals surface area contributed by atoms with Gasteiger partial charge in [-0.15, -0.1) is 0 Å². The van der Waals surface area contributed by atoms with E-state index in [2.05, 4.69) is 5.32 Å². The number of amides is 2. The number of halogens is 1. The fraction of sp³-hybridized carbons (Fsp3) is 0.533. The molecule has 21 heavy (non-hydrogen) atoms. The predicted molar refractivity (Wildman–Crippen MR) is 85.2 cm³/mol. The summed E-state index contributed by atoms with van der Waals surface area (Å²) >= 11 is 6.13. The Labute approximate surface area is 130 Å². The van der Waals surface area contributed by atoms with Gasteiger partial charge >= 0.3 is 6.03 Å². The van der Waals surface area contributed by atoms with Crippen LogP contribution < -0.4 is 10.1 Å². The molecule has 0 radical (unpaired) electrons. The van der Waals surface area contributed by atoms with Crippen LogP contribution in [0.1, 0.15) is 27.2 Å². The first-order chi connectivity index (χ1) is 9.97. The van der Waals surface area contributed by atoms with E-state index in [1.165, 1.54) is 0 Å². The summed E-state index contributed by atoms with van der Waals surface area (Å²) in [6.07, 6.45) is 0.863. The highest BCUT2D eigenvalue weighted by atomic mass is 35.5. The fourth-order valence-electron chi connectivity index (χ4n) is 1.84. The smallest absolute Gasteiger partial charge is 0.321 e. The summed E-state index contributed by atoms with van der Waals surface area (Å²) in [4.78, 5) is 13.7. The Morgan fingerprint density at radius 2 is 2.14 bits per heavy atom. The summed E-state index contributed by atoms with van der Waals surface area (Å²) in [5.41, 5.74) is 0.597. The van der Waals surface area contributed by atoms with Crippen molar-refractivity contribution in [2.45, 2.75) is 33.3 Å². The van der Waals surface area contributed by atoms with Gasteiger partial charge in [-0.3, -0.25) is 0 Å². The minimum Gasteiger partial charge on any atom is -0.489 e. The van der Waals surface area contributed by atoms with Crippen LogP contribution in [0.2, 0.25) is 5.02 Å². The summed E-state index contributed by atoms with van der Waals surface area (Å²) in [5, 5.41) is 12.2. The molecule has 0 aromatic heterocycles. The summed E-state index contributed by atoms with van der Waals surface area (Å²) in [5.74, 6) is 0.588. The lowest BCUT2D eigenvalue weighted by molar-refractivity contribution is 0.188. The van der Waals surface area contributed by atoms with E-state index >= 15 is 0 Å². The molecular weight excluding hydrogens is 292 g/mol. The Bertz CT molecular complexity index is 460. The summed E-state index contributed by atoms with van der Waals surface area (Å²) in [7, 11) is 0. The number of benzene rings is 1. The van der Waals surface area contributed by atoms with Gasteiger partial charge in [0, 0.05) is 18.8 Å². The van der Waals surface area contributed by atoms with Crippen molar-refractivity contribution in [3.05, 3.63) is 23.2 Å². The standard InChI is InChI=1S/C15H23ClN2O3/c1-4-7-18(8-9-19)15(20)17-12-5-6-14(13(16)10-12)21-11(2)3/h5-6,10-11,19H,4,7-9H2,1-3H3,(H,17,20). The van der Waals surface area contributed by atoms with Gasteiger partial charge in [0.05, 0.1) is 17.7 Å². The van der Waals surface area contributed by atoms with E-state index in [1.54, 1.807) is 23.1 Å². The van der Waals surface area contributed by atoms with E-state index in [0.717, 1.165) is 6.42 Å². The summed E-state index contributed by atoms with van der Waals surface area (Å²) < 4.78 is 5.54. The Kier molecular flexibility index (Phi) is 7.32. The molecule has 1 aromatic rings. The second-order valence-corrected chi connectivity index (χ2v) is 5.36. The molecule has 0 aliphatic heterocycles. The molecule has 0 saturated carbocycles. The number of urea groups is 1. The van der Waals surface area contributed by atoms with E-state index in [-0.39, 0.29) is 18.7 Å². The number of nitrogens with zero attached hydrogens (tertiary/aromatic N) is 1. The minimum atomic E-state index is -0.250. The third-order valence-electron chi connectivity index (χ3n) is 2.70. The Hall–Kier alpha value is -1.46. The Balaban J connectivity index is 2.73. The molecule has 0 bridgehead atoms. The van der Waals surface area contributed by atoms with Crippen LogP contribution in [-0.4, -0.2) is 41.8 Å². The maximum Gasteiger partial charge on any atom is 0.321 e. The number of hydrogen-bond acceptors (Lipinski definition) is 3. The van der Waals surface area contributed by atoms with Gasteiger partial charge in [0.1, 0.15) is 5.75 Å². The number of aliphatic hydroxyl groups excluding tert-OH is 1. The van der Waals surface area contributed by atoms with Crippen molar-refractivity contribution in [2.24, 2.45) is 0 Å². The second kappa shape index (κ2) is 8.74. The third kappa shape index (κ3) is 5.81. The molecule has 0 atom stereocenters. The van der Waals surface area contributed by atoms with Gasteiger partial charge in [0.25, 0.3) is 0 Å². The molecule has 6 heteroatoms. The monoisotopic (exact) mass is 314 g/mol. The summed E-state index contributed by atoms with van der Waals surface area (Å²) in [6, 6.07) is 4.87. The van der Waals surface area contributed by atoms with E-state index in [1.807, 2.05) is 20.8 Å². The maximum absolute atomic E-state index is 12.1. The second-order valence-electron chi connectivity index (χ2n) is 4.95. The lowest BCUT2D eigenvalue weighted by atomic mass is 10.3. The van der Waals surface area contributed by atoms with E-state index in [9.17, 15) is 4.79 Å². The molecule has 1 rings (SSSR count). The Morgan fingerprint density at radius 3 is 2.67 bits per heavy atom. The van der Waals surface area contributed by atoms with Gasteiger partial charge in [0.15, 0.2) is 0 Å². The lowest BCUT2D eigenvalue weighted by Crippen LogP contribution is -2.37. The maximum atomic E-state index is 12.1. The SMILES string of the molecule is CCCN(CCO)C(=O)Nc1ccc(OC(C)C)c(Cl)c1. The number of carbonyl (C=O) groups excluding carboxylic acids is 1. The zero-order valence-electron chi connectivity index (χ0n) is 12.7. The van der Waals surface area contributed by atoms with Gasteiger partial charge in [-0.2, -0.15) is 0 Å². The molecule has 5 nitrogen and oxygen atoms in total. The molecule has 0 heterocycles. The van der Waals surface area contributed by atoms with Crippen molar-refractivity contribution in [1.82, 2.24) is 4.90 Å². The number of rotatable bonds is 7. The quantitative estimate of drug-likeness (QED) is 0.811. The van der Waals surface area contributed by atoms with Crippen LogP contribution in [-0.2, 0) is 0 Å². The number of ether oxygens (including phenoxy) is 1. The van der Waals surface area contributed by atoms with Crippen molar-refractivity contribution in [3.63, 3.8) is 0 Å². The number of hydrogen-bond donors (Lipinski definition) is 2.